The lowest BCUT2D eigenvalue weighted by atomic mass is 10.1. The minimum absolute atomic E-state index is 0.0179. The van der Waals surface area contributed by atoms with Gasteiger partial charge in [0.25, 0.3) is 5.78 Å². The number of aryl methyl sites for hydroxylation is 1. The second-order valence-electron chi connectivity index (χ2n) is 5.93. The van der Waals surface area contributed by atoms with Crippen molar-refractivity contribution in [3.05, 3.63) is 66.1 Å². The molecule has 0 fully saturated rings. The molecule has 0 saturated heterocycles. The van der Waals surface area contributed by atoms with E-state index >= 15 is 0 Å². The summed E-state index contributed by atoms with van der Waals surface area (Å²) in [5.74, 6) is 1.78. The number of anilines is 2. The van der Waals surface area contributed by atoms with Gasteiger partial charge in [-0.05, 0) is 38.1 Å². The zero-order valence-electron chi connectivity index (χ0n) is 14.3. The largest absolute Gasteiger partial charge is 0.340 e. The molecular formula is C19H16N6O. The zero-order valence-corrected chi connectivity index (χ0v) is 14.3. The summed E-state index contributed by atoms with van der Waals surface area (Å²) in [5.41, 5.74) is 3.07. The molecule has 128 valence electrons. The van der Waals surface area contributed by atoms with Crippen LogP contribution >= 0.6 is 0 Å². The van der Waals surface area contributed by atoms with Crippen LogP contribution in [0.15, 0.2) is 54.9 Å². The maximum atomic E-state index is 11.6. The Bertz CT molecular complexity index is 1100. The number of fused-ring (bicyclic) bond motifs is 1. The molecule has 0 aliphatic carbocycles. The maximum Gasteiger partial charge on any atom is 0.254 e. The predicted molar refractivity (Wildman–Crippen MR) is 98.5 cm³/mol. The Kier molecular flexibility index (Phi) is 3.89. The van der Waals surface area contributed by atoms with E-state index in [-0.39, 0.29) is 5.78 Å². The van der Waals surface area contributed by atoms with Crippen molar-refractivity contribution in [2.24, 2.45) is 0 Å². The molecule has 0 bridgehead atoms. The van der Waals surface area contributed by atoms with Crippen molar-refractivity contribution >= 4 is 23.1 Å². The van der Waals surface area contributed by atoms with Crippen molar-refractivity contribution in [3.63, 3.8) is 0 Å². The van der Waals surface area contributed by atoms with Gasteiger partial charge >= 0.3 is 0 Å². The molecule has 1 aromatic carbocycles. The Labute approximate surface area is 149 Å². The Morgan fingerprint density at radius 2 is 2.00 bits per heavy atom. The normalized spacial score (nSPS) is 10.8. The molecule has 0 aliphatic rings. The number of hydrogen-bond acceptors (Lipinski definition) is 6. The van der Waals surface area contributed by atoms with Gasteiger partial charge in [-0.2, -0.15) is 9.50 Å². The average Bonchev–Trinajstić information content (AvgIpc) is 3.07. The average molecular weight is 344 g/mol. The van der Waals surface area contributed by atoms with Crippen LogP contribution in [0.5, 0.6) is 0 Å². The van der Waals surface area contributed by atoms with Crippen LogP contribution in [0.4, 0.5) is 11.5 Å². The molecule has 7 heteroatoms. The SMILES string of the molecule is CC(=O)c1cccc(Nc2cc(C)nc3nc(-c4cccnc4)nn23)c1. The quantitative estimate of drug-likeness (QED) is 0.571. The van der Waals surface area contributed by atoms with Crippen molar-refractivity contribution in [3.8, 4) is 11.4 Å². The highest BCUT2D eigenvalue weighted by Gasteiger charge is 2.12. The minimum atomic E-state index is 0.0179. The van der Waals surface area contributed by atoms with Gasteiger partial charge in [-0.1, -0.05) is 12.1 Å². The third kappa shape index (κ3) is 3.02. The summed E-state index contributed by atoms with van der Waals surface area (Å²) >= 11 is 0. The highest BCUT2D eigenvalue weighted by Crippen LogP contribution is 2.21. The maximum absolute atomic E-state index is 11.6. The van der Waals surface area contributed by atoms with E-state index in [0.717, 1.165) is 22.8 Å². The third-order valence-corrected chi connectivity index (χ3v) is 3.90. The number of ketones is 1. The molecule has 0 atom stereocenters. The van der Waals surface area contributed by atoms with Crippen LogP contribution in [-0.2, 0) is 0 Å². The number of pyridine rings is 1. The number of carbonyl (C=O) groups is 1. The van der Waals surface area contributed by atoms with E-state index in [4.69, 9.17) is 0 Å². The number of carbonyl (C=O) groups excluding carboxylic acids is 1. The summed E-state index contributed by atoms with van der Waals surface area (Å²) in [7, 11) is 0. The summed E-state index contributed by atoms with van der Waals surface area (Å²) in [6.07, 6.45) is 3.42. The van der Waals surface area contributed by atoms with Gasteiger partial charge in [-0.3, -0.25) is 9.78 Å². The lowest BCUT2D eigenvalue weighted by molar-refractivity contribution is 0.101. The van der Waals surface area contributed by atoms with E-state index < -0.39 is 0 Å². The first-order valence-electron chi connectivity index (χ1n) is 8.13. The van der Waals surface area contributed by atoms with E-state index in [1.54, 1.807) is 29.9 Å². The molecule has 0 aliphatic heterocycles. The van der Waals surface area contributed by atoms with Gasteiger partial charge in [0, 0.05) is 41.0 Å². The molecular weight excluding hydrogens is 328 g/mol. The van der Waals surface area contributed by atoms with Gasteiger partial charge < -0.3 is 5.32 Å². The van der Waals surface area contributed by atoms with Crippen molar-refractivity contribution in [2.45, 2.75) is 13.8 Å². The van der Waals surface area contributed by atoms with Gasteiger partial charge in [0.05, 0.1) is 0 Å². The number of benzene rings is 1. The number of aromatic nitrogens is 5. The smallest absolute Gasteiger partial charge is 0.254 e. The highest BCUT2D eigenvalue weighted by atomic mass is 16.1. The van der Waals surface area contributed by atoms with Crippen LogP contribution < -0.4 is 5.32 Å². The topological polar surface area (TPSA) is 85.1 Å². The van der Waals surface area contributed by atoms with Crippen LogP contribution in [0.3, 0.4) is 0 Å². The van der Waals surface area contributed by atoms with Crippen molar-refractivity contribution in [2.75, 3.05) is 5.32 Å². The molecule has 0 radical (unpaired) electrons. The van der Waals surface area contributed by atoms with Crippen LogP contribution in [0.25, 0.3) is 17.2 Å². The Balaban J connectivity index is 1.78. The summed E-state index contributed by atoms with van der Waals surface area (Å²) in [4.78, 5) is 24.7. The zero-order chi connectivity index (χ0) is 18.1. The lowest BCUT2D eigenvalue weighted by Crippen LogP contribution is -2.03. The molecule has 4 rings (SSSR count). The fourth-order valence-electron chi connectivity index (χ4n) is 2.66. The number of Topliss-reactive ketones (excluding diaryl/α,β-unsaturated/α-hetero) is 1. The first kappa shape index (κ1) is 15.9. The second-order valence-corrected chi connectivity index (χ2v) is 5.93. The Morgan fingerprint density at radius 3 is 2.77 bits per heavy atom. The first-order chi connectivity index (χ1) is 12.6. The van der Waals surface area contributed by atoms with Crippen LogP contribution in [0.2, 0.25) is 0 Å². The molecule has 0 saturated carbocycles. The molecule has 0 unspecified atom stereocenters. The Morgan fingerprint density at radius 1 is 1.12 bits per heavy atom. The fraction of sp³-hybridized carbons (Fsp3) is 0.105. The molecule has 1 N–H and O–H groups in total. The molecule has 4 aromatic rings. The van der Waals surface area contributed by atoms with Crippen molar-refractivity contribution in [1.82, 2.24) is 24.6 Å². The van der Waals surface area contributed by atoms with Crippen LogP contribution in [0.1, 0.15) is 23.0 Å². The van der Waals surface area contributed by atoms with E-state index in [1.807, 2.05) is 43.3 Å². The predicted octanol–water partition coefficient (Wildman–Crippen LogP) is 3.44. The fourth-order valence-corrected chi connectivity index (χ4v) is 2.66. The molecule has 0 spiro atoms. The van der Waals surface area contributed by atoms with Gasteiger partial charge in [-0.15, -0.1) is 5.10 Å². The van der Waals surface area contributed by atoms with Gasteiger partial charge in [-0.25, -0.2) is 4.98 Å². The summed E-state index contributed by atoms with van der Waals surface area (Å²) in [5, 5.41) is 7.85. The van der Waals surface area contributed by atoms with Crippen LogP contribution in [-0.4, -0.2) is 30.3 Å². The molecule has 7 nitrogen and oxygen atoms in total. The summed E-state index contributed by atoms with van der Waals surface area (Å²) in [6, 6.07) is 13.0. The summed E-state index contributed by atoms with van der Waals surface area (Å²) < 4.78 is 1.65. The van der Waals surface area contributed by atoms with Gasteiger partial charge in [0.15, 0.2) is 11.6 Å². The number of nitrogens with zero attached hydrogens (tertiary/aromatic N) is 5. The van der Waals surface area contributed by atoms with E-state index in [1.165, 1.54) is 0 Å². The monoisotopic (exact) mass is 344 g/mol. The number of rotatable bonds is 4. The number of hydrogen-bond donors (Lipinski definition) is 1. The lowest BCUT2D eigenvalue weighted by Gasteiger charge is -2.09. The second kappa shape index (κ2) is 6.36. The molecule has 26 heavy (non-hydrogen) atoms. The van der Waals surface area contributed by atoms with E-state index in [2.05, 4.69) is 25.4 Å². The van der Waals surface area contributed by atoms with E-state index in [9.17, 15) is 4.79 Å². The van der Waals surface area contributed by atoms with Gasteiger partial charge in [0.1, 0.15) is 5.82 Å². The molecule has 3 aromatic heterocycles. The number of nitrogens with one attached hydrogen (secondary N) is 1. The summed E-state index contributed by atoms with van der Waals surface area (Å²) in [6.45, 7) is 3.45. The minimum Gasteiger partial charge on any atom is -0.340 e. The van der Waals surface area contributed by atoms with Gasteiger partial charge in [0.2, 0.25) is 0 Å². The Hall–Kier alpha value is -3.61. The third-order valence-electron chi connectivity index (χ3n) is 3.90. The van der Waals surface area contributed by atoms with E-state index in [0.29, 0.717) is 17.2 Å². The standard InChI is InChI=1S/C19H16N6O/c1-12-9-17(22-16-7-3-5-14(10-16)13(2)26)25-19(21-12)23-18(24-25)15-6-4-8-20-11-15/h3-11,22H,1-2H3. The van der Waals surface area contributed by atoms with Crippen molar-refractivity contribution in [1.29, 1.82) is 0 Å². The highest BCUT2D eigenvalue weighted by molar-refractivity contribution is 5.95. The van der Waals surface area contributed by atoms with Crippen LogP contribution in [0, 0.1) is 6.92 Å². The van der Waals surface area contributed by atoms with Crippen molar-refractivity contribution < 1.29 is 4.79 Å². The molecule has 3 heterocycles. The molecule has 0 amide bonds. The first-order valence-corrected chi connectivity index (χ1v) is 8.13.